The topological polar surface area (TPSA) is 20.3 Å². The fourth-order valence-corrected chi connectivity index (χ4v) is 2.46. The van der Waals surface area contributed by atoms with Gasteiger partial charge in [0.25, 0.3) is 5.91 Å². The Morgan fingerprint density at radius 2 is 2.06 bits per heavy atom. The minimum absolute atomic E-state index is 0.0257. The Morgan fingerprint density at radius 1 is 1.41 bits per heavy atom. The van der Waals surface area contributed by atoms with Crippen molar-refractivity contribution in [2.45, 2.75) is 24.7 Å². The smallest absolute Gasteiger partial charge is 0.255 e. The van der Waals surface area contributed by atoms with Crippen molar-refractivity contribution in [3.05, 3.63) is 28.8 Å². The van der Waals surface area contributed by atoms with Gasteiger partial charge in [-0.2, -0.15) is 0 Å². The normalized spacial score (nSPS) is 17.2. The van der Waals surface area contributed by atoms with Crippen molar-refractivity contribution in [1.29, 1.82) is 0 Å². The maximum atomic E-state index is 12.3. The lowest BCUT2D eigenvalue weighted by atomic mass is 9.98. The van der Waals surface area contributed by atoms with Crippen molar-refractivity contribution in [1.82, 2.24) is 4.90 Å². The number of nitrogens with zero attached hydrogens (tertiary/aromatic N) is 1. The van der Waals surface area contributed by atoms with E-state index in [1.807, 2.05) is 4.90 Å². The summed E-state index contributed by atoms with van der Waals surface area (Å²) in [5.41, 5.74) is 0.564. The molecular weight excluding hydrogens is 254 g/mol. The predicted octanol–water partition coefficient (Wildman–Crippen LogP) is 3.50. The van der Waals surface area contributed by atoms with Gasteiger partial charge in [-0.1, -0.05) is 18.5 Å². The number of piperidine rings is 1. The zero-order chi connectivity index (χ0) is 12.4. The number of hydrogen-bond acceptors (Lipinski definition) is 2. The molecule has 2 nitrogen and oxygen atoms in total. The highest BCUT2D eigenvalue weighted by atomic mass is 35.5. The molecule has 1 fully saturated rings. The zero-order valence-corrected chi connectivity index (χ0v) is 11.5. The summed E-state index contributed by atoms with van der Waals surface area (Å²) in [6.07, 6.45) is 2.15. The molecule has 0 aromatic heterocycles. The fraction of sp³-hybridized carbons (Fsp3) is 0.462. The summed E-state index contributed by atoms with van der Waals surface area (Å²) in [5.74, 6) is 0.739. The molecule has 2 rings (SSSR count). The second-order valence-electron chi connectivity index (χ2n) is 4.64. The minimum atomic E-state index is 0.0257. The first kappa shape index (κ1) is 12.8. The van der Waals surface area contributed by atoms with Crippen LogP contribution in [-0.4, -0.2) is 23.9 Å². The number of likely N-dealkylation sites (tertiary alicyclic amines) is 1. The number of hydrogen-bond donors (Lipinski definition) is 1. The molecule has 1 aromatic carbocycles. The molecule has 1 heterocycles. The Kier molecular flexibility index (Phi) is 4.00. The van der Waals surface area contributed by atoms with Gasteiger partial charge >= 0.3 is 0 Å². The van der Waals surface area contributed by atoms with Gasteiger partial charge in [0.15, 0.2) is 0 Å². The Bertz CT molecular complexity index is 427. The van der Waals surface area contributed by atoms with Crippen LogP contribution in [0.2, 0.25) is 5.02 Å². The molecule has 0 N–H and O–H groups in total. The van der Waals surface area contributed by atoms with E-state index >= 15 is 0 Å². The molecule has 0 radical (unpaired) electrons. The minimum Gasteiger partial charge on any atom is -0.339 e. The number of benzene rings is 1. The van der Waals surface area contributed by atoms with Crippen LogP contribution >= 0.6 is 24.2 Å². The summed E-state index contributed by atoms with van der Waals surface area (Å²) in [6, 6.07) is 5.26. The van der Waals surface area contributed by atoms with E-state index < -0.39 is 0 Å². The molecule has 4 heteroatoms. The van der Waals surface area contributed by atoms with Crippen molar-refractivity contribution in [3.8, 4) is 0 Å². The van der Waals surface area contributed by atoms with Gasteiger partial charge in [-0.05, 0) is 37.0 Å². The van der Waals surface area contributed by atoms with E-state index in [9.17, 15) is 4.79 Å². The number of rotatable bonds is 1. The zero-order valence-electron chi connectivity index (χ0n) is 9.82. The maximum Gasteiger partial charge on any atom is 0.255 e. The predicted molar refractivity (Wildman–Crippen MR) is 73.0 cm³/mol. The number of amides is 1. The van der Waals surface area contributed by atoms with Crippen LogP contribution in [0.1, 0.15) is 30.1 Å². The van der Waals surface area contributed by atoms with Crippen molar-refractivity contribution < 1.29 is 4.79 Å². The summed E-state index contributed by atoms with van der Waals surface area (Å²) in [4.78, 5) is 14.9. The van der Waals surface area contributed by atoms with Crippen molar-refractivity contribution in [3.63, 3.8) is 0 Å². The van der Waals surface area contributed by atoms with Gasteiger partial charge in [0.2, 0.25) is 0 Å². The van der Waals surface area contributed by atoms with Gasteiger partial charge in [-0.25, -0.2) is 0 Å². The van der Waals surface area contributed by atoms with Crippen molar-refractivity contribution >= 4 is 30.1 Å². The summed E-state index contributed by atoms with van der Waals surface area (Å²) >= 11 is 10.3. The Morgan fingerprint density at radius 3 is 2.71 bits per heavy atom. The Labute approximate surface area is 112 Å². The molecule has 92 valence electrons. The summed E-state index contributed by atoms with van der Waals surface area (Å²) < 4.78 is 0. The lowest BCUT2D eigenvalue weighted by Gasteiger charge is -2.30. The fourth-order valence-electron chi connectivity index (χ4n) is 2.06. The lowest BCUT2D eigenvalue weighted by molar-refractivity contribution is 0.0697. The van der Waals surface area contributed by atoms with E-state index in [2.05, 4.69) is 19.6 Å². The highest BCUT2D eigenvalue weighted by Gasteiger charge is 2.22. The quantitative estimate of drug-likeness (QED) is 0.774. The van der Waals surface area contributed by atoms with E-state index in [0.29, 0.717) is 16.5 Å². The highest BCUT2D eigenvalue weighted by molar-refractivity contribution is 7.80. The average Bonchev–Trinajstić information content (AvgIpc) is 2.32. The van der Waals surface area contributed by atoms with Crippen LogP contribution in [0.5, 0.6) is 0 Å². The molecule has 1 aliphatic rings. The van der Waals surface area contributed by atoms with E-state index in [1.165, 1.54) is 0 Å². The van der Waals surface area contributed by atoms with Crippen molar-refractivity contribution in [2.75, 3.05) is 13.1 Å². The second kappa shape index (κ2) is 5.32. The Balaban J connectivity index is 2.16. The molecule has 1 aliphatic heterocycles. The van der Waals surface area contributed by atoms with Gasteiger partial charge in [0.05, 0.1) is 10.6 Å². The highest BCUT2D eigenvalue weighted by Crippen LogP contribution is 2.24. The average molecular weight is 270 g/mol. The van der Waals surface area contributed by atoms with Gasteiger partial charge in [0.1, 0.15) is 0 Å². The van der Waals surface area contributed by atoms with Gasteiger partial charge in [0, 0.05) is 18.0 Å². The lowest BCUT2D eigenvalue weighted by Crippen LogP contribution is -2.38. The Hall–Kier alpha value is -0.670. The molecule has 1 amide bonds. The standard InChI is InChI=1S/C13H16ClNOS/c1-9-4-6-15(7-5-9)13(16)11-8-10(17)2-3-12(11)14/h2-3,8-9,17H,4-7H2,1H3. The molecule has 0 spiro atoms. The monoisotopic (exact) mass is 269 g/mol. The maximum absolute atomic E-state index is 12.3. The van der Waals surface area contributed by atoms with E-state index in [1.54, 1.807) is 18.2 Å². The molecule has 0 aliphatic carbocycles. The van der Waals surface area contributed by atoms with Crippen LogP contribution in [0.25, 0.3) is 0 Å². The van der Waals surface area contributed by atoms with Crippen LogP contribution in [0.3, 0.4) is 0 Å². The third-order valence-corrected chi connectivity index (χ3v) is 3.86. The van der Waals surface area contributed by atoms with Crippen molar-refractivity contribution in [2.24, 2.45) is 5.92 Å². The molecule has 0 saturated carbocycles. The van der Waals surface area contributed by atoms with Gasteiger partial charge < -0.3 is 4.90 Å². The van der Waals surface area contributed by atoms with Gasteiger partial charge in [-0.15, -0.1) is 12.6 Å². The molecule has 1 aromatic rings. The number of thiol groups is 1. The van der Waals surface area contributed by atoms with Crippen LogP contribution in [0.15, 0.2) is 23.1 Å². The molecule has 1 saturated heterocycles. The molecule has 0 bridgehead atoms. The number of carbonyl (C=O) groups is 1. The molecule has 17 heavy (non-hydrogen) atoms. The van der Waals surface area contributed by atoms with E-state index in [4.69, 9.17) is 11.6 Å². The first-order valence-electron chi connectivity index (χ1n) is 5.85. The third-order valence-electron chi connectivity index (χ3n) is 3.25. The van der Waals surface area contributed by atoms with Gasteiger partial charge in [-0.3, -0.25) is 4.79 Å². The molecular formula is C13H16ClNOS. The number of carbonyl (C=O) groups excluding carboxylic acids is 1. The van der Waals surface area contributed by atoms with Crippen LogP contribution < -0.4 is 0 Å². The first-order valence-corrected chi connectivity index (χ1v) is 6.68. The SMILES string of the molecule is CC1CCN(C(=O)c2cc(S)ccc2Cl)CC1. The first-order chi connectivity index (χ1) is 8.08. The number of halogens is 1. The largest absolute Gasteiger partial charge is 0.339 e. The molecule has 0 unspecified atom stereocenters. The summed E-state index contributed by atoms with van der Waals surface area (Å²) in [6.45, 7) is 3.88. The molecule has 0 atom stereocenters. The van der Waals surface area contributed by atoms with Crippen LogP contribution in [0.4, 0.5) is 0 Å². The van der Waals surface area contributed by atoms with Crippen LogP contribution in [0, 0.1) is 5.92 Å². The van der Waals surface area contributed by atoms with E-state index in [0.717, 1.165) is 30.8 Å². The second-order valence-corrected chi connectivity index (χ2v) is 5.56. The third kappa shape index (κ3) is 2.96. The summed E-state index contributed by atoms with van der Waals surface area (Å²) in [7, 11) is 0. The van der Waals surface area contributed by atoms with Crippen LogP contribution in [-0.2, 0) is 0 Å². The summed E-state index contributed by atoms with van der Waals surface area (Å²) in [5, 5.41) is 0.506. The van der Waals surface area contributed by atoms with E-state index in [-0.39, 0.29) is 5.91 Å².